The van der Waals surface area contributed by atoms with E-state index in [1.54, 1.807) is 6.20 Å². The van der Waals surface area contributed by atoms with Gasteiger partial charge in [0.15, 0.2) is 0 Å². The average molecular weight is 345 g/mol. The van der Waals surface area contributed by atoms with Gasteiger partial charge in [-0.1, -0.05) is 6.07 Å². The van der Waals surface area contributed by atoms with Gasteiger partial charge in [-0.2, -0.15) is 0 Å². The molecule has 0 unspecified atom stereocenters. The number of aromatic nitrogens is 1. The Morgan fingerprint density at radius 3 is 2.46 bits per heavy atom. The van der Waals surface area contributed by atoms with Gasteiger partial charge in [0.05, 0.1) is 16.6 Å². The van der Waals surface area contributed by atoms with Crippen molar-refractivity contribution >= 4 is 15.9 Å². The molecule has 24 heavy (non-hydrogen) atoms. The first kappa shape index (κ1) is 16.6. The molecule has 126 valence electrons. The van der Waals surface area contributed by atoms with Crippen molar-refractivity contribution in [1.29, 1.82) is 0 Å². The van der Waals surface area contributed by atoms with E-state index < -0.39 is 10.0 Å². The van der Waals surface area contributed by atoms with Crippen molar-refractivity contribution in [1.82, 2.24) is 15.0 Å². The van der Waals surface area contributed by atoms with Crippen molar-refractivity contribution in [3.8, 4) is 0 Å². The Labute approximate surface area is 141 Å². The molecule has 1 heterocycles. The van der Waals surface area contributed by atoms with E-state index in [1.807, 2.05) is 25.1 Å². The van der Waals surface area contributed by atoms with Crippen LogP contribution in [0.15, 0.2) is 53.6 Å². The molecule has 1 aliphatic rings. The molecule has 1 aromatic carbocycles. The van der Waals surface area contributed by atoms with Crippen molar-refractivity contribution in [3.63, 3.8) is 0 Å². The predicted octanol–water partition coefficient (Wildman–Crippen LogP) is 2.01. The number of pyridine rings is 1. The molecule has 0 bridgehead atoms. The van der Waals surface area contributed by atoms with Crippen LogP contribution in [0.25, 0.3) is 0 Å². The normalized spacial score (nSPS) is 15.7. The van der Waals surface area contributed by atoms with Gasteiger partial charge in [-0.3, -0.25) is 9.78 Å². The molecule has 1 amide bonds. The SMILES string of the molecule is C[C@H](NC(=O)c1ccc(S(=O)(=O)NC2CC2)cc1)c1ccccn1. The standard InChI is InChI=1S/C17H19N3O3S/c1-12(16-4-2-3-11-18-16)19-17(21)13-5-9-15(10-6-13)24(22,23)20-14-7-8-14/h2-6,9-12,14,20H,7-8H2,1H3,(H,19,21)/t12-/m0/s1. The Balaban J connectivity index is 1.67. The minimum Gasteiger partial charge on any atom is -0.344 e. The highest BCUT2D eigenvalue weighted by molar-refractivity contribution is 7.89. The van der Waals surface area contributed by atoms with E-state index >= 15 is 0 Å². The number of hydrogen-bond donors (Lipinski definition) is 2. The fraction of sp³-hybridized carbons (Fsp3) is 0.294. The first-order chi connectivity index (χ1) is 11.5. The van der Waals surface area contributed by atoms with E-state index in [2.05, 4.69) is 15.0 Å². The maximum absolute atomic E-state index is 12.3. The van der Waals surface area contributed by atoms with Crippen molar-refractivity contribution in [2.45, 2.75) is 36.7 Å². The van der Waals surface area contributed by atoms with Crippen LogP contribution in [0.4, 0.5) is 0 Å². The largest absolute Gasteiger partial charge is 0.344 e. The van der Waals surface area contributed by atoms with Crippen molar-refractivity contribution in [2.24, 2.45) is 0 Å². The third kappa shape index (κ3) is 3.98. The zero-order valence-corrected chi connectivity index (χ0v) is 14.1. The van der Waals surface area contributed by atoms with E-state index in [0.717, 1.165) is 18.5 Å². The fourth-order valence-corrected chi connectivity index (χ4v) is 3.57. The summed E-state index contributed by atoms with van der Waals surface area (Å²) in [5.74, 6) is -0.271. The zero-order chi connectivity index (χ0) is 17.2. The third-order valence-electron chi connectivity index (χ3n) is 3.80. The van der Waals surface area contributed by atoms with E-state index in [1.165, 1.54) is 24.3 Å². The highest BCUT2D eigenvalue weighted by Crippen LogP contribution is 2.22. The summed E-state index contributed by atoms with van der Waals surface area (Å²) in [7, 11) is -3.50. The van der Waals surface area contributed by atoms with Gasteiger partial charge in [-0.25, -0.2) is 13.1 Å². The molecule has 1 saturated carbocycles. The summed E-state index contributed by atoms with van der Waals surface area (Å²) >= 11 is 0. The second-order valence-electron chi connectivity index (χ2n) is 5.87. The lowest BCUT2D eigenvalue weighted by Gasteiger charge is -2.13. The zero-order valence-electron chi connectivity index (χ0n) is 13.3. The van der Waals surface area contributed by atoms with Crippen LogP contribution in [0, 0.1) is 0 Å². The van der Waals surface area contributed by atoms with Crippen molar-refractivity contribution in [2.75, 3.05) is 0 Å². The smallest absolute Gasteiger partial charge is 0.251 e. The molecule has 7 heteroatoms. The topological polar surface area (TPSA) is 88.2 Å². The number of nitrogens with one attached hydrogen (secondary N) is 2. The molecule has 3 rings (SSSR count). The van der Waals surface area contributed by atoms with Gasteiger partial charge in [0.25, 0.3) is 5.91 Å². The van der Waals surface area contributed by atoms with E-state index in [9.17, 15) is 13.2 Å². The van der Waals surface area contributed by atoms with E-state index in [-0.39, 0.29) is 22.9 Å². The van der Waals surface area contributed by atoms with Crippen LogP contribution in [0.3, 0.4) is 0 Å². The second kappa shape index (κ2) is 6.70. The molecule has 0 aliphatic heterocycles. The van der Waals surface area contributed by atoms with Crippen LogP contribution < -0.4 is 10.0 Å². The van der Waals surface area contributed by atoms with Crippen LogP contribution in [0.1, 0.15) is 41.9 Å². The Hall–Kier alpha value is -2.25. The summed E-state index contributed by atoms with van der Waals surface area (Å²) in [5.41, 5.74) is 1.17. The molecule has 1 aromatic heterocycles. The van der Waals surface area contributed by atoms with Crippen molar-refractivity contribution in [3.05, 3.63) is 59.9 Å². The minimum absolute atomic E-state index is 0.0530. The summed E-state index contributed by atoms with van der Waals surface area (Å²) in [6.07, 6.45) is 3.43. The van der Waals surface area contributed by atoms with Crippen LogP contribution in [-0.2, 0) is 10.0 Å². The minimum atomic E-state index is -3.50. The van der Waals surface area contributed by atoms with Gasteiger partial charge in [0, 0.05) is 17.8 Å². The number of carbonyl (C=O) groups excluding carboxylic acids is 1. The maximum atomic E-state index is 12.3. The second-order valence-corrected chi connectivity index (χ2v) is 7.58. The van der Waals surface area contributed by atoms with Gasteiger partial charge in [-0.15, -0.1) is 0 Å². The summed E-state index contributed by atoms with van der Waals surface area (Å²) in [6.45, 7) is 1.85. The first-order valence-corrected chi connectivity index (χ1v) is 9.28. The Morgan fingerprint density at radius 1 is 1.17 bits per heavy atom. The molecule has 1 fully saturated rings. The molecule has 1 atom stereocenters. The average Bonchev–Trinajstić information content (AvgIpc) is 3.39. The van der Waals surface area contributed by atoms with Gasteiger partial charge in [-0.05, 0) is 56.2 Å². The number of hydrogen-bond acceptors (Lipinski definition) is 4. The van der Waals surface area contributed by atoms with Gasteiger partial charge < -0.3 is 5.32 Å². The lowest BCUT2D eigenvalue weighted by molar-refractivity contribution is 0.0939. The molecular weight excluding hydrogens is 326 g/mol. The number of amides is 1. The molecule has 1 aliphatic carbocycles. The molecule has 2 aromatic rings. The summed E-state index contributed by atoms with van der Waals surface area (Å²) in [5, 5.41) is 2.85. The molecule has 2 N–H and O–H groups in total. The van der Waals surface area contributed by atoms with Crippen molar-refractivity contribution < 1.29 is 13.2 Å². The van der Waals surface area contributed by atoms with Crippen LogP contribution in [0.5, 0.6) is 0 Å². The quantitative estimate of drug-likeness (QED) is 0.838. The molecule has 0 spiro atoms. The highest BCUT2D eigenvalue weighted by Gasteiger charge is 2.28. The Kier molecular flexibility index (Phi) is 4.64. The van der Waals surface area contributed by atoms with Crippen LogP contribution in [0.2, 0.25) is 0 Å². The van der Waals surface area contributed by atoms with Gasteiger partial charge >= 0.3 is 0 Å². The molecule has 0 saturated heterocycles. The predicted molar refractivity (Wildman–Crippen MR) is 89.9 cm³/mol. The van der Waals surface area contributed by atoms with E-state index in [0.29, 0.717) is 5.56 Å². The number of carbonyl (C=O) groups is 1. The summed E-state index contributed by atoms with van der Waals surface area (Å²) < 4.78 is 26.8. The maximum Gasteiger partial charge on any atom is 0.251 e. The molecule has 6 nitrogen and oxygen atoms in total. The lowest BCUT2D eigenvalue weighted by Crippen LogP contribution is -2.28. The highest BCUT2D eigenvalue weighted by atomic mass is 32.2. The van der Waals surface area contributed by atoms with Gasteiger partial charge in [0.2, 0.25) is 10.0 Å². The van der Waals surface area contributed by atoms with Crippen LogP contribution in [-0.4, -0.2) is 25.4 Å². The fourth-order valence-electron chi connectivity index (χ4n) is 2.26. The lowest BCUT2D eigenvalue weighted by atomic mass is 10.1. The van der Waals surface area contributed by atoms with Gasteiger partial charge in [0.1, 0.15) is 0 Å². The molecular formula is C17H19N3O3S. The first-order valence-electron chi connectivity index (χ1n) is 7.80. The number of benzene rings is 1. The summed E-state index contributed by atoms with van der Waals surface area (Å²) in [6, 6.07) is 11.3. The number of nitrogens with zero attached hydrogens (tertiary/aromatic N) is 1. The summed E-state index contributed by atoms with van der Waals surface area (Å²) in [4.78, 5) is 16.6. The Morgan fingerprint density at radius 2 is 1.88 bits per heavy atom. The molecule has 0 radical (unpaired) electrons. The third-order valence-corrected chi connectivity index (χ3v) is 5.34. The van der Waals surface area contributed by atoms with E-state index in [4.69, 9.17) is 0 Å². The number of sulfonamides is 1. The van der Waals surface area contributed by atoms with Crippen LogP contribution >= 0.6 is 0 Å². The monoisotopic (exact) mass is 345 g/mol. The number of rotatable bonds is 6. The Bertz CT molecular complexity index is 816.